The van der Waals surface area contributed by atoms with Crippen LogP contribution in [0.15, 0.2) is 24.3 Å². The molecule has 0 aliphatic carbocycles. The van der Waals surface area contributed by atoms with Gasteiger partial charge in [0.2, 0.25) is 5.91 Å². The monoisotopic (exact) mass is 366 g/mol. The highest BCUT2D eigenvalue weighted by molar-refractivity contribution is 7.91. The zero-order valence-corrected chi connectivity index (χ0v) is 16.0. The highest BCUT2D eigenvalue weighted by Gasteiger charge is 2.36. The Hall–Kier alpha value is -1.89. The number of amides is 2. The highest BCUT2D eigenvalue weighted by Crippen LogP contribution is 2.19. The Morgan fingerprint density at radius 2 is 1.96 bits per heavy atom. The third kappa shape index (κ3) is 4.81. The van der Waals surface area contributed by atoms with Crippen LogP contribution in [0.1, 0.15) is 36.2 Å². The van der Waals surface area contributed by atoms with Crippen LogP contribution < -0.4 is 5.32 Å². The Labute approximate surface area is 149 Å². The van der Waals surface area contributed by atoms with E-state index in [4.69, 9.17) is 0 Å². The molecule has 0 spiro atoms. The molecule has 138 valence electrons. The first-order valence-corrected chi connectivity index (χ1v) is 10.3. The van der Waals surface area contributed by atoms with Crippen molar-refractivity contribution in [3.8, 4) is 0 Å². The first kappa shape index (κ1) is 19.4. The number of carbonyl (C=O) groups excluding carboxylic acids is 2. The van der Waals surface area contributed by atoms with Gasteiger partial charge in [-0.25, -0.2) is 8.42 Å². The van der Waals surface area contributed by atoms with Crippen molar-refractivity contribution in [3.05, 3.63) is 35.4 Å². The quantitative estimate of drug-likeness (QED) is 0.854. The minimum atomic E-state index is -3.07. The minimum Gasteiger partial charge on any atom is -0.340 e. The maximum absolute atomic E-state index is 12.8. The zero-order valence-electron chi connectivity index (χ0n) is 15.2. The van der Waals surface area contributed by atoms with Gasteiger partial charge in [-0.15, -0.1) is 0 Å². The van der Waals surface area contributed by atoms with Crippen molar-refractivity contribution < 1.29 is 18.0 Å². The van der Waals surface area contributed by atoms with Gasteiger partial charge in [-0.2, -0.15) is 0 Å². The molecule has 1 aliphatic rings. The number of benzene rings is 1. The van der Waals surface area contributed by atoms with Crippen LogP contribution in [0.4, 0.5) is 0 Å². The third-order valence-corrected chi connectivity index (χ3v) is 6.35. The molecule has 1 aromatic carbocycles. The third-order valence-electron chi connectivity index (χ3n) is 4.60. The van der Waals surface area contributed by atoms with Gasteiger partial charge in [0.05, 0.1) is 11.5 Å². The number of aryl methyl sites for hydroxylation is 1. The molecule has 1 heterocycles. The summed E-state index contributed by atoms with van der Waals surface area (Å²) >= 11 is 0. The van der Waals surface area contributed by atoms with Crippen LogP contribution in [0.5, 0.6) is 0 Å². The highest BCUT2D eigenvalue weighted by atomic mass is 32.2. The van der Waals surface area contributed by atoms with Gasteiger partial charge in [-0.1, -0.05) is 31.5 Å². The van der Waals surface area contributed by atoms with E-state index in [0.717, 1.165) is 5.56 Å². The van der Waals surface area contributed by atoms with Gasteiger partial charge < -0.3 is 10.2 Å². The SMILES string of the molecule is Cc1cccc(C(=O)NC(C(=O)N(C)C2CCS(=O)(=O)C2)C(C)C)c1. The van der Waals surface area contributed by atoms with Crippen LogP contribution in [0.2, 0.25) is 0 Å². The second-order valence-electron chi connectivity index (χ2n) is 7.07. The van der Waals surface area contributed by atoms with Crippen LogP contribution in [0.25, 0.3) is 0 Å². The van der Waals surface area contributed by atoms with E-state index in [1.165, 1.54) is 4.90 Å². The van der Waals surface area contributed by atoms with E-state index in [-0.39, 0.29) is 35.3 Å². The molecule has 1 aliphatic heterocycles. The van der Waals surface area contributed by atoms with Crippen molar-refractivity contribution in [2.75, 3.05) is 18.6 Å². The lowest BCUT2D eigenvalue weighted by molar-refractivity contribution is -0.134. The molecule has 1 saturated heterocycles. The van der Waals surface area contributed by atoms with E-state index in [9.17, 15) is 18.0 Å². The van der Waals surface area contributed by atoms with E-state index in [1.54, 1.807) is 25.2 Å². The van der Waals surface area contributed by atoms with Gasteiger partial charge in [-0.3, -0.25) is 9.59 Å². The number of sulfone groups is 1. The molecule has 1 N–H and O–H groups in total. The normalized spacial score (nSPS) is 20.3. The number of rotatable bonds is 5. The van der Waals surface area contributed by atoms with Crippen molar-refractivity contribution in [1.29, 1.82) is 0 Å². The largest absolute Gasteiger partial charge is 0.340 e. The van der Waals surface area contributed by atoms with Gasteiger partial charge in [0.25, 0.3) is 5.91 Å². The Morgan fingerprint density at radius 3 is 2.48 bits per heavy atom. The Kier molecular flexibility index (Phi) is 5.87. The fraction of sp³-hybridized carbons (Fsp3) is 0.556. The standard InChI is InChI=1S/C18H26N2O4S/c1-12(2)16(19-17(21)14-7-5-6-13(3)10-14)18(22)20(4)15-8-9-25(23,24)11-15/h5-7,10,12,15-16H,8-9,11H2,1-4H3,(H,19,21). The lowest BCUT2D eigenvalue weighted by Crippen LogP contribution is -2.53. The molecule has 2 amide bonds. The Balaban J connectivity index is 2.11. The van der Waals surface area contributed by atoms with E-state index in [0.29, 0.717) is 12.0 Å². The maximum Gasteiger partial charge on any atom is 0.251 e. The molecule has 0 aromatic heterocycles. The number of nitrogens with one attached hydrogen (secondary N) is 1. The van der Waals surface area contributed by atoms with Crippen LogP contribution in [0, 0.1) is 12.8 Å². The Bertz CT molecular complexity index is 758. The molecule has 0 bridgehead atoms. The molecule has 0 radical (unpaired) electrons. The van der Waals surface area contributed by atoms with Crippen LogP contribution >= 0.6 is 0 Å². The minimum absolute atomic E-state index is 0.00805. The summed E-state index contributed by atoms with van der Waals surface area (Å²) in [5, 5.41) is 2.81. The van der Waals surface area contributed by atoms with E-state index in [1.807, 2.05) is 26.8 Å². The van der Waals surface area contributed by atoms with Gasteiger partial charge in [-0.05, 0) is 31.4 Å². The summed E-state index contributed by atoms with van der Waals surface area (Å²) in [6, 6.07) is 6.15. The summed E-state index contributed by atoms with van der Waals surface area (Å²) in [4.78, 5) is 26.8. The summed E-state index contributed by atoms with van der Waals surface area (Å²) in [5.41, 5.74) is 1.47. The molecule has 1 fully saturated rings. The van der Waals surface area contributed by atoms with Gasteiger partial charge in [0.15, 0.2) is 9.84 Å². The van der Waals surface area contributed by atoms with Gasteiger partial charge in [0, 0.05) is 18.7 Å². The molecule has 7 heteroatoms. The molecule has 2 rings (SSSR count). The van der Waals surface area contributed by atoms with Crippen molar-refractivity contribution in [2.45, 2.75) is 39.3 Å². The predicted octanol–water partition coefficient (Wildman–Crippen LogP) is 1.39. The molecule has 25 heavy (non-hydrogen) atoms. The van der Waals surface area contributed by atoms with E-state index >= 15 is 0 Å². The number of likely N-dealkylation sites (N-methyl/N-ethyl adjacent to an activating group) is 1. The number of hydrogen-bond donors (Lipinski definition) is 1. The van der Waals surface area contributed by atoms with E-state index in [2.05, 4.69) is 5.32 Å². The van der Waals surface area contributed by atoms with E-state index < -0.39 is 15.9 Å². The van der Waals surface area contributed by atoms with Gasteiger partial charge in [0.1, 0.15) is 6.04 Å². The zero-order chi connectivity index (χ0) is 18.8. The average Bonchev–Trinajstić information content (AvgIpc) is 2.90. The second kappa shape index (κ2) is 7.56. The van der Waals surface area contributed by atoms with Crippen molar-refractivity contribution in [3.63, 3.8) is 0 Å². The van der Waals surface area contributed by atoms with Crippen molar-refractivity contribution in [2.24, 2.45) is 5.92 Å². The number of carbonyl (C=O) groups is 2. The summed E-state index contributed by atoms with van der Waals surface area (Å²) in [5.74, 6) is -0.564. The smallest absolute Gasteiger partial charge is 0.251 e. The second-order valence-corrected chi connectivity index (χ2v) is 9.30. The molecule has 1 aromatic rings. The molecule has 0 saturated carbocycles. The van der Waals surface area contributed by atoms with Crippen molar-refractivity contribution in [1.82, 2.24) is 10.2 Å². The first-order valence-electron chi connectivity index (χ1n) is 8.45. The van der Waals surface area contributed by atoms with Crippen LogP contribution in [0.3, 0.4) is 0 Å². The summed E-state index contributed by atoms with van der Waals surface area (Å²) < 4.78 is 23.3. The first-order chi connectivity index (χ1) is 11.6. The lowest BCUT2D eigenvalue weighted by Gasteiger charge is -2.30. The van der Waals surface area contributed by atoms with Crippen LogP contribution in [-0.2, 0) is 14.6 Å². The topological polar surface area (TPSA) is 83.6 Å². The molecular weight excluding hydrogens is 340 g/mol. The molecule has 6 nitrogen and oxygen atoms in total. The molecule has 2 atom stereocenters. The average molecular weight is 366 g/mol. The number of nitrogens with zero attached hydrogens (tertiary/aromatic N) is 1. The number of hydrogen-bond acceptors (Lipinski definition) is 4. The summed E-state index contributed by atoms with van der Waals surface area (Å²) in [7, 11) is -1.46. The summed E-state index contributed by atoms with van der Waals surface area (Å²) in [6.07, 6.45) is 0.446. The fourth-order valence-corrected chi connectivity index (χ4v) is 4.78. The molecule has 2 unspecified atom stereocenters. The summed E-state index contributed by atoms with van der Waals surface area (Å²) in [6.45, 7) is 5.62. The van der Waals surface area contributed by atoms with Crippen molar-refractivity contribution >= 4 is 21.7 Å². The Morgan fingerprint density at radius 1 is 1.28 bits per heavy atom. The van der Waals surface area contributed by atoms with Crippen LogP contribution in [-0.4, -0.2) is 55.8 Å². The maximum atomic E-state index is 12.8. The predicted molar refractivity (Wildman–Crippen MR) is 97.1 cm³/mol. The molecular formula is C18H26N2O4S. The fourth-order valence-electron chi connectivity index (χ4n) is 3.00. The van der Waals surface area contributed by atoms with Gasteiger partial charge >= 0.3 is 0 Å². The lowest BCUT2D eigenvalue weighted by atomic mass is 10.0.